The predicted octanol–water partition coefficient (Wildman–Crippen LogP) is 1.84. The van der Waals surface area contributed by atoms with E-state index in [1.54, 1.807) is 33.7 Å². The third-order valence-electron chi connectivity index (χ3n) is 3.87. The molecule has 0 atom stereocenters. The van der Waals surface area contributed by atoms with E-state index in [4.69, 9.17) is 18.9 Å². The molecule has 1 aliphatic heterocycles. The van der Waals surface area contributed by atoms with Crippen molar-refractivity contribution in [2.45, 2.75) is 13.0 Å². The number of aliphatic imine (C=N–C) groups is 1. The number of rotatable bonds is 7. The van der Waals surface area contributed by atoms with Crippen molar-refractivity contribution in [3.8, 4) is 23.1 Å². The van der Waals surface area contributed by atoms with Crippen LogP contribution in [-0.4, -0.2) is 50.3 Å². The molecule has 2 N–H and O–H groups in total. The molecule has 1 aromatic carbocycles. The normalized spacial score (nSPS) is 13.2. The predicted molar refractivity (Wildman–Crippen MR) is 101 cm³/mol. The molecule has 9 heteroatoms. The first-order valence-electron chi connectivity index (χ1n) is 8.52. The smallest absolute Gasteiger partial charge is 0.234 e. The van der Waals surface area contributed by atoms with Crippen LogP contribution < -0.4 is 29.6 Å². The Morgan fingerprint density at radius 1 is 1.07 bits per heavy atom. The molecule has 1 aromatic heterocycles. The van der Waals surface area contributed by atoms with Gasteiger partial charge in [-0.3, -0.25) is 9.98 Å². The van der Waals surface area contributed by atoms with Crippen molar-refractivity contribution in [3.05, 3.63) is 30.1 Å². The minimum Gasteiger partial charge on any atom is -0.493 e. The zero-order valence-corrected chi connectivity index (χ0v) is 15.6. The number of nitrogens with zero attached hydrogens (tertiary/aromatic N) is 3. The van der Waals surface area contributed by atoms with Gasteiger partial charge in [0, 0.05) is 13.1 Å². The van der Waals surface area contributed by atoms with E-state index in [2.05, 4.69) is 25.6 Å². The molecule has 0 saturated carbocycles. The number of nitrogens with one attached hydrogen (secondary N) is 2. The van der Waals surface area contributed by atoms with Gasteiger partial charge in [-0.1, -0.05) is 0 Å². The number of ether oxygens (including phenoxy) is 4. The first-order valence-corrected chi connectivity index (χ1v) is 8.52. The van der Waals surface area contributed by atoms with E-state index in [-0.39, 0.29) is 6.61 Å². The van der Waals surface area contributed by atoms with Gasteiger partial charge < -0.3 is 29.6 Å². The van der Waals surface area contributed by atoms with Crippen molar-refractivity contribution >= 4 is 11.8 Å². The summed E-state index contributed by atoms with van der Waals surface area (Å²) in [5.41, 5.74) is 0.850. The standard InChI is InChI=1S/C18H23N5O4/c1-24-13-7-12(8-14(25-2)17(13)26-3)11-27-16-10-19-9-15(22-16)23-18-20-5-4-6-21-18/h7-10H,4-6,11H2,1-3H3,(H2,20,21,22,23). The van der Waals surface area contributed by atoms with Gasteiger partial charge in [0.1, 0.15) is 6.61 Å². The van der Waals surface area contributed by atoms with Gasteiger partial charge in [0.05, 0.1) is 33.7 Å². The number of benzene rings is 1. The van der Waals surface area contributed by atoms with Gasteiger partial charge in [-0.25, -0.2) is 0 Å². The number of aromatic nitrogens is 2. The third-order valence-corrected chi connectivity index (χ3v) is 3.87. The van der Waals surface area contributed by atoms with Gasteiger partial charge in [0.15, 0.2) is 23.3 Å². The van der Waals surface area contributed by atoms with Crippen molar-refractivity contribution < 1.29 is 18.9 Å². The maximum atomic E-state index is 5.77. The molecule has 1 aliphatic rings. The molecule has 0 radical (unpaired) electrons. The molecule has 0 saturated heterocycles. The Hall–Kier alpha value is -3.23. The van der Waals surface area contributed by atoms with Crippen molar-refractivity contribution in [1.29, 1.82) is 0 Å². The van der Waals surface area contributed by atoms with E-state index in [1.165, 1.54) is 0 Å². The fourth-order valence-corrected chi connectivity index (χ4v) is 2.59. The molecule has 0 unspecified atom stereocenters. The van der Waals surface area contributed by atoms with Gasteiger partial charge in [-0.2, -0.15) is 4.98 Å². The lowest BCUT2D eigenvalue weighted by atomic mass is 10.2. The molecule has 3 rings (SSSR count). The first-order chi connectivity index (χ1) is 13.2. The highest BCUT2D eigenvalue weighted by molar-refractivity contribution is 5.92. The summed E-state index contributed by atoms with van der Waals surface area (Å²) >= 11 is 0. The van der Waals surface area contributed by atoms with Crippen molar-refractivity contribution in [2.24, 2.45) is 4.99 Å². The Balaban J connectivity index is 1.69. The SMILES string of the molecule is COc1cc(COc2cncc(NC3=NCCCN3)n2)cc(OC)c1OC. The summed E-state index contributed by atoms with van der Waals surface area (Å²) in [5.74, 6) is 3.32. The molecule has 0 bridgehead atoms. The van der Waals surface area contributed by atoms with Crippen LogP contribution in [0.2, 0.25) is 0 Å². The Labute approximate surface area is 157 Å². The Morgan fingerprint density at radius 2 is 1.85 bits per heavy atom. The Kier molecular flexibility index (Phi) is 6.14. The van der Waals surface area contributed by atoms with Crippen molar-refractivity contribution in [1.82, 2.24) is 15.3 Å². The van der Waals surface area contributed by atoms with Crippen LogP contribution in [0.4, 0.5) is 5.82 Å². The lowest BCUT2D eigenvalue weighted by molar-refractivity contribution is 0.288. The minimum absolute atomic E-state index is 0.272. The highest BCUT2D eigenvalue weighted by atomic mass is 16.5. The molecule has 27 heavy (non-hydrogen) atoms. The molecular formula is C18H23N5O4. The lowest BCUT2D eigenvalue weighted by Gasteiger charge is -2.16. The van der Waals surface area contributed by atoms with Crippen LogP contribution >= 0.6 is 0 Å². The second kappa shape index (κ2) is 8.93. The fraction of sp³-hybridized carbons (Fsp3) is 0.389. The summed E-state index contributed by atoms with van der Waals surface area (Å²) in [7, 11) is 4.71. The first kappa shape index (κ1) is 18.6. The van der Waals surface area contributed by atoms with E-state index in [1.807, 2.05) is 12.1 Å². The monoisotopic (exact) mass is 373 g/mol. The van der Waals surface area contributed by atoms with Crippen LogP contribution in [-0.2, 0) is 6.61 Å². The molecule has 2 aromatic rings. The van der Waals surface area contributed by atoms with Gasteiger partial charge in [0.2, 0.25) is 11.6 Å². The van der Waals surface area contributed by atoms with Crippen LogP contribution in [0.25, 0.3) is 0 Å². The average molecular weight is 373 g/mol. The number of hydrogen-bond acceptors (Lipinski definition) is 9. The summed E-state index contributed by atoms with van der Waals surface area (Å²) < 4.78 is 21.8. The van der Waals surface area contributed by atoms with E-state index < -0.39 is 0 Å². The molecule has 2 heterocycles. The van der Waals surface area contributed by atoms with E-state index in [0.717, 1.165) is 25.1 Å². The second-order valence-electron chi connectivity index (χ2n) is 5.70. The topological polar surface area (TPSA) is 99.1 Å². The molecule has 144 valence electrons. The molecule has 0 aliphatic carbocycles. The molecule has 0 amide bonds. The van der Waals surface area contributed by atoms with Gasteiger partial charge in [0.25, 0.3) is 0 Å². The summed E-state index contributed by atoms with van der Waals surface area (Å²) in [6.07, 6.45) is 4.19. The largest absolute Gasteiger partial charge is 0.493 e. The number of methoxy groups -OCH3 is 3. The fourth-order valence-electron chi connectivity index (χ4n) is 2.59. The molecule has 0 spiro atoms. The summed E-state index contributed by atoms with van der Waals surface area (Å²) in [6, 6.07) is 3.66. The summed E-state index contributed by atoms with van der Waals surface area (Å²) in [5, 5.41) is 6.27. The molecule has 0 fully saturated rings. The highest BCUT2D eigenvalue weighted by Crippen LogP contribution is 2.38. The zero-order chi connectivity index (χ0) is 19.1. The van der Waals surface area contributed by atoms with Gasteiger partial charge in [-0.05, 0) is 24.1 Å². The highest BCUT2D eigenvalue weighted by Gasteiger charge is 2.14. The zero-order valence-electron chi connectivity index (χ0n) is 15.6. The van der Waals surface area contributed by atoms with Crippen LogP contribution in [0, 0.1) is 0 Å². The maximum absolute atomic E-state index is 5.77. The van der Waals surface area contributed by atoms with E-state index >= 15 is 0 Å². The second-order valence-corrected chi connectivity index (χ2v) is 5.70. The van der Waals surface area contributed by atoms with Gasteiger partial charge in [-0.15, -0.1) is 0 Å². The third kappa shape index (κ3) is 4.69. The Bertz CT molecular complexity index is 787. The van der Waals surface area contributed by atoms with Crippen molar-refractivity contribution in [2.75, 3.05) is 39.7 Å². The Morgan fingerprint density at radius 3 is 2.48 bits per heavy atom. The number of anilines is 1. The molecule has 9 nitrogen and oxygen atoms in total. The maximum Gasteiger partial charge on any atom is 0.234 e. The minimum atomic E-state index is 0.272. The van der Waals surface area contributed by atoms with Crippen molar-refractivity contribution in [3.63, 3.8) is 0 Å². The van der Waals surface area contributed by atoms with Gasteiger partial charge >= 0.3 is 0 Å². The van der Waals surface area contributed by atoms with E-state index in [9.17, 15) is 0 Å². The lowest BCUT2D eigenvalue weighted by Crippen LogP contribution is -2.35. The van der Waals surface area contributed by atoms with Crippen LogP contribution in [0.3, 0.4) is 0 Å². The number of hydrogen-bond donors (Lipinski definition) is 2. The van der Waals surface area contributed by atoms with E-state index in [0.29, 0.717) is 34.9 Å². The summed E-state index contributed by atoms with van der Waals surface area (Å²) in [6.45, 7) is 1.95. The van der Waals surface area contributed by atoms with Crippen LogP contribution in [0.15, 0.2) is 29.5 Å². The summed E-state index contributed by atoms with van der Waals surface area (Å²) in [4.78, 5) is 12.9. The molecular weight excluding hydrogens is 350 g/mol. The number of guanidine groups is 1. The van der Waals surface area contributed by atoms with Crippen LogP contribution in [0.1, 0.15) is 12.0 Å². The van der Waals surface area contributed by atoms with Crippen LogP contribution in [0.5, 0.6) is 23.1 Å². The quantitative estimate of drug-likeness (QED) is 0.759. The average Bonchev–Trinajstić information content (AvgIpc) is 2.72.